The van der Waals surface area contributed by atoms with Crippen LogP contribution in [0.2, 0.25) is 0 Å². The lowest BCUT2D eigenvalue weighted by Crippen LogP contribution is -2.44. The highest BCUT2D eigenvalue weighted by molar-refractivity contribution is 4.99. The number of hydrogen-bond donors (Lipinski definition) is 2. The van der Waals surface area contributed by atoms with E-state index in [-0.39, 0.29) is 5.54 Å². The molecule has 1 aromatic rings. The Morgan fingerprint density at radius 3 is 2.80 bits per heavy atom. The van der Waals surface area contributed by atoms with E-state index in [4.69, 9.17) is 0 Å². The largest absolute Gasteiger partial charge is 0.306 e. The molecule has 1 fully saturated rings. The van der Waals surface area contributed by atoms with Crippen molar-refractivity contribution in [1.82, 2.24) is 15.5 Å². The lowest BCUT2D eigenvalue weighted by Gasteiger charge is -2.32. The third-order valence-electron chi connectivity index (χ3n) is 3.67. The molecule has 0 atom stereocenters. The standard InChI is InChI=1S/C12H21N3/c1-12(2,10-5-3-4-6-10)13-9-11-7-8-14-15-11/h7-8,10,13H,3-6,9H2,1-2H3,(H,14,15). The van der Waals surface area contributed by atoms with E-state index in [9.17, 15) is 0 Å². The highest BCUT2D eigenvalue weighted by atomic mass is 15.1. The Hall–Kier alpha value is -0.830. The van der Waals surface area contributed by atoms with E-state index >= 15 is 0 Å². The van der Waals surface area contributed by atoms with Crippen LogP contribution >= 0.6 is 0 Å². The van der Waals surface area contributed by atoms with Gasteiger partial charge in [-0.25, -0.2) is 0 Å². The molecule has 0 aliphatic heterocycles. The number of hydrogen-bond acceptors (Lipinski definition) is 2. The minimum atomic E-state index is 0.252. The molecule has 1 aromatic heterocycles. The summed E-state index contributed by atoms with van der Waals surface area (Å²) in [6.07, 6.45) is 7.37. The van der Waals surface area contributed by atoms with Gasteiger partial charge in [-0.3, -0.25) is 5.10 Å². The van der Waals surface area contributed by atoms with Crippen LogP contribution < -0.4 is 5.32 Å². The van der Waals surface area contributed by atoms with E-state index in [0.717, 1.165) is 12.5 Å². The van der Waals surface area contributed by atoms with E-state index < -0.39 is 0 Å². The number of H-pyrrole nitrogens is 1. The number of aromatic nitrogens is 2. The van der Waals surface area contributed by atoms with Crippen molar-refractivity contribution in [3.05, 3.63) is 18.0 Å². The van der Waals surface area contributed by atoms with Gasteiger partial charge in [-0.1, -0.05) is 12.8 Å². The van der Waals surface area contributed by atoms with Crippen LogP contribution in [0.1, 0.15) is 45.2 Å². The molecule has 0 saturated heterocycles. The molecule has 1 heterocycles. The zero-order valence-electron chi connectivity index (χ0n) is 9.71. The molecular formula is C12H21N3. The van der Waals surface area contributed by atoms with Crippen molar-refractivity contribution in [2.24, 2.45) is 5.92 Å². The van der Waals surface area contributed by atoms with Gasteiger partial charge in [0, 0.05) is 24.0 Å². The highest BCUT2D eigenvalue weighted by Crippen LogP contribution is 2.33. The van der Waals surface area contributed by atoms with Gasteiger partial charge < -0.3 is 5.32 Å². The molecule has 0 amide bonds. The fourth-order valence-electron chi connectivity index (χ4n) is 2.50. The summed E-state index contributed by atoms with van der Waals surface area (Å²) in [6, 6.07) is 2.03. The molecule has 1 aliphatic carbocycles. The first-order chi connectivity index (χ1) is 7.18. The van der Waals surface area contributed by atoms with Gasteiger partial charge in [0.15, 0.2) is 0 Å². The molecular weight excluding hydrogens is 186 g/mol. The second-order valence-electron chi connectivity index (χ2n) is 5.14. The SMILES string of the molecule is CC(C)(NCc1ccn[nH]1)C1CCCC1. The van der Waals surface area contributed by atoms with Crippen LogP contribution in [0.3, 0.4) is 0 Å². The molecule has 0 bridgehead atoms. The van der Waals surface area contributed by atoms with Gasteiger partial charge >= 0.3 is 0 Å². The van der Waals surface area contributed by atoms with Gasteiger partial charge in [-0.15, -0.1) is 0 Å². The number of nitrogens with one attached hydrogen (secondary N) is 2. The van der Waals surface area contributed by atoms with Crippen molar-refractivity contribution in [2.75, 3.05) is 0 Å². The van der Waals surface area contributed by atoms with Crippen molar-refractivity contribution >= 4 is 0 Å². The maximum Gasteiger partial charge on any atom is 0.0490 e. The van der Waals surface area contributed by atoms with Gasteiger partial charge in [0.1, 0.15) is 0 Å². The maximum atomic E-state index is 3.96. The first-order valence-corrected chi connectivity index (χ1v) is 5.92. The van der Waals surface area contributed by atoms with E-state index in [1.54, 1.807) is 6.20 Å². The molecule has 0 unspecified atom stereocenters. The van der Waals surface area contributed by atoms with Crippen molar-refractivity contribution < 1.29 is 0 Å². The fourth-order valence-corrected chi connectivity index (χ4v) is 2.50. The Morgan fingerprint density at radius 2 is 2.20 bits per heavy atom. The molecule has 1 aliphatic rings. The molecule has 84 valence electrons. The van der Waals surface area contributed by atoms with Crippen molar-refractivity contribution in [2.45, 2.75) is 51.6 Å². The number of nitrogens with zero attached hydrogens (tertiary/aromatic N) is 1. The highest BCUT2D eigenvalue weighted by Gasteiger charge is 2.31. The van der Waals surface area contributed by atoms with Gasteiger partial charge in [0.05, 0.1) is 0 Å². The Labute approximate surface area is 91.7 Å². The molecule has 2 N–H and O–H groups in total. The van der Waals surface area contributed by atoms with E-state index in [0.29, 0.717) is 0 Å². The molecule has 2 rings (SSSR count). The van der Waals surface area contributed by atoms with Gasteiger partial charge in [0.25, 0.3) is 0 Å². The predicted octanol–water partition coefficient (Wildman–Crippen LogP) is 2.47. The smallest absolute Gasteiger partial charge is 0.0490 e. The van der Waals surface area contributed by atoms with Gasteiger partial charge in [0.2, 0.25) is 0 Å². The normalized spacial score (nSPS) is 18.5. The average molecular weight is 207 g/mol. The second-order valence-corrected chi connectivity index (χ2v) is 5.14. The van der Waals surface area contributed by atoms with Crippen LogP contribution in [-0.2, 0) is 6.54 Å². The zero-order chi connectivity index (χ0) is 10.7. The van der Waals surface area contributed by atoms with Crippen LogP contribution in [0.4, 0.5) is 0 Å². The van der Waals surface area contributed by atoms with Crippen molar-refractivity contribution in [1.29, 1.82) is 0 Å². The minimum Gasteiger partial charge on any atom is -0.306 e. The van der Waals surface area contributed by atoms with Crippen LogP contribution in [0, 0.1) is 5.92 Å². The summed E-state index contributed by atoms with van der Waals surface area (Å²) < 4.78 is 0. The summed E-state index contributed by atoms with van der Waals surface area (Å²) in [6.45, 7) is 5.53. The lowest BCUT2D eigenvalue weighted by atomic mass is 9.86. The lowest BCUT2D eigenvalue weighted by molar-refractivity contribution is 0.253. The molecule has 0 aromatic carbocycles. The molecule has 0 spiro atoms. The quantitative estimate of drug-likeness (QED) is 0.796. The van der Waals surface area contributed by atoms with Crippen LogP contribution in [-0.4, -0.2) is 15.7 Å². The van der Waals surface area contributed by atoms with Gasteiger partial charge in [-0.05, 0) is 38.7 Å². The maximum absolute atomic E-state index is 3.96. The predicted molar refractivity (Wildman–Crippen MR) is 61.5 cm³/mol. The van der Waals surface area contributed by atoms with E-state index in [1.807, 2.05) is 6.07 Å². The summed E-state index contributed by atoms with van der Waals surface area (Å²) in [4.78, 5) is 0. The summed E-state index contributed by atoms with van der Waals surface area (Å²) >= 11 is 0. The average Bonchev–Trinajstić information content (AvgIpc) is 2.88. The first kappa shape index (κ1) is 10.7. The Bertz CT molecular complexity index is 284. The van der Waals surface area contributed by atoms with Crippen LogP contribution in [0.5, 0.6) is 0 Å². The Morgan fingerprint density at radius 1 is 1.47 bits per heavy atom. The Balaban J connectivity index is 1.86. The van der Waals surface area contributed by atoms with Crippen molar-refractivity contribution in [3.63, 3.8) is 0 Å². The van der Waals surface area contributed by atoms with E-state index in [1.165, 1.54) is 31.4 Å². The number of rotatable bonds is 4. The van der Waals surface area contributed by atoms with Crippen LogP contribution in [0.15, 0.2) is 12.3 Å². The molecule has 3 nitrogen and oxygen atoms in total. The van der Waals surface area contributed by atoms with Gasteiger partial charge in [-0.2, -0.15) is 5.10 Å². The van der Waals surface area contributed by atoms with Crippen LogP contribution in [0.25, 0.3) is 0 Å². The third kappa shape index (κ3) is 2.59. The fraction of sp³-hybridized carbons (Fsp3) is 0.750. The summed E-state index contributed by atoms with van der Waals surface area (Å²) in [7, 11) is 0. The minimum absolute atomic E-state index is 0.252. The molecule has 3 heteroatoms. The molecule has 1 saturated carbocycles. The van der Waals surface area contributed by atoms with Crippen molar-refractivity contribution in [3.8, 4) is 0 Å². The number of aromatic amines is 1. The molecule has 0 radical (unpaired) electrons. The third-order valence-corrected chi connectivity index (χ3v) is 3.67. The van der Waals surface area contributed by atoms with E-state index in [2.05, 4.69) is 29.4 Å². The second kappa shape index (κ2) is 4.35. The summed E-state index contributed by atoms with van der Waals surface area (Å²) in [5.74, 6) is 0.834. The summed E-state index contributed by atoms with van der Waals surface area (Å²) in [5.41, 5.74) is 1.42. The molecule has 15 heavy (non-hydrogen) atoms. The summed E-state index contributed by atoms with van der Waals surface area (Å²) in [5, 5.41) is 10.6. The first-order valence-electron chi connectivity index (χ1n) is 5.92. The zero-order valence-corrected chi connectivity index (χ0v) is 9.71. The Kier molecular flexibility index (Phi) is 3.10. The topological polar surface area (TPSA) is 40.7 Å². The monoisotopic (exact) mass is 207 g/mol.